The number of hydrogen-bond acceptors (Lipinski definition) is 3. The van der Waals surface area contributed by atoms with Crippen molar-refractivity contribution in [1.82, 2.24) is 15.1 Å². The van der Waals surface area contributed by atoms with Gasteiger partial charge in [0.1, 0.15) is 0 Å². The van der Waals surface area contributed by atoms with Gasteiger partial charge in [0.2, 0.25) is 0 Å². The van der Waals surface area contributed by atoms with Gasteiger partial charge in [-0.25, -0.2) is 0 Å². The van der Waals surface area contributed by atoms with E-state index in [0.29, 0.717) is 6.42 Å². The maximum Gasteiger partial charge on any atom is 0.0749 e. The first-order chi connectivity index (χ1) is 9.25. The minimum Gasteiger partial charge on any atom is -0.391 e. The molecule has 1 aliphatic heterocycles. The molecule has 0 radical (unpaired) electrons. The third-order valence-corrected chi connectivity index (χ3v) is 4.05. The van der Waals surface area contributed by atoms with E-state index >= 15 is 0 Å². The number of hydrogen-bond donors (Lipinski definition) is 2. The van der Waals surface area contributed by atoms with Crippen LogP contribution in [0.4, 0.5) is 0 Å². The van der Waals surface area contributed by atoms with Gasteiger partial charge in [-0.05, 0) is 25.5 Å². The molecule has 19 heavy (non-hydrogen) atoms. The Balaban J connectivity index is 1.81. The van der Waals surface area contributed by atoms with Gasteiger partial charge in [-0.3, -0.25) is 4.68 Å². The minimum atomic E-state index is -0.349. The summed E-state index contributed by atoms with van der Waals surface area (Å²) in [7, 11) is 1.96. The predicted octanol–water partition coefficient (Wildman–Crippen LogP) is 1.62. The van der Waals surface area contributed by atoms with Crippen LogP contribution in [0, 0.1) is 0 Å². The summed E-state index contributed by atoms with van der Waals surface area (Å²) in [6, 6.07) is 8.41. The van der Waals surface area contributed by atoms with E-state index < -0.39 is 0 Å². The molecule has 1 aromatic carbocycles. The number of nitrogens with zero attached hydrogens (tertiary/aromatic N) is 2. The van der Waals surface area contributed by atoms with Crippen LogP contribution in [0.1, 0.15) is 25.0 Å². The maximum absolute atomic E-state index is 10.4. The van der Waals surface area contributed by atoms with Gasteiger partial charge in [-0.1, -0.05) is 24.6 Å². The second-order valence-electron chi connectivity index (χ2n) is 5.42. The number of para-hydroxylation sites is 1. The highest BCUT2D eigenvalue weighted by Crippen LogP contribution is 2.20. The number of piperidine rings is 1. The molecule has 0 bridgehead atoms. The van der Waals surface area contributed by atoms with Crippen LogP contribution in [0.5, 0.6) is 0 Å². The summed E-state index contributed by atoms with van der Waals surface area (Å²) in [5, 5.41) is 19.5. The molecule has 2 atom stereocenters. The van der Waals surface area contributed by atoms with Crippen molar-refractivity contribution < 1.29 is 5.11 Å². The molecule has 2 heterocycles. The van der Waals surface area contributed by atoms with Gasteiger partial charge < -0.3 is 10.4 Å². The first kappa shape index (κ1) is 12.6. The Hall–Kier alpha value is -1.39. The number of aryl methyl sites for hydroxylation is 1. The number of rotatable bonds is 3. The predicted molar refractivity (Wildman–Crippen MR) is 76.1 cm³/mol. The Bertz CT molecular complexity index is 558. The Morgan fingerprint density at radius 2 is 2.26 bits per heavy atom. The van der Waals surface area contributed by atoms with Crippen LogP contribution in [0.2, 0.25) is 0 Å². The van der Waals surface area contributed by atoms with Crippen LogP contribution in [0.25, 0.3) is 10.9 Å². The fraction of sp³-hybridized carbons (Fsp3) is 0.533. The quantitative estimate of drug-likeness (QED) is 0.880. The Morgan fingerprint density at radius 1 is 1.42 bits per heavy atom. The van der Waals surface area contributed by atoms with Gasteiger partial charge in [-0.2, -0.15) is 5.10 Å². The standard InChI is InChI=1S/C15H21N3O/c1-18-14-8-3-2-6-11(14)13(17-18)10-15(19)12-7-4-5-9-16-12/h2-3,6,8,12,15-16,19H,4-5,7,9-10H2,1H3. The number of aromatic nitrogens is 2. The van der Waals surface area contributed by atoms with Gasteiger partial charge in [0.05, 0.1) is 17.3 Å². The molecule has 0 saturated carbocycles. The third-order valence-electron chi connectivity index (χ3n) is 4.05. The van der Waals surface area contributed by atoms with E-state index in [1.54, 1.807) is 0 Å². The zero-order chi connectivity index (χ0) is 13.2. The fourth-order valence-electron chi connectivity index (χ4n) is 2.99. The molecule has 4 nitrogen and oxygen atoms in total. The maximum atomic E-state index is 10.4. The van der Waals surface area contributed by atoms with Crippen molar-refractivity contribution in [2.24, 2.45) is 7.05 Å². The molecule has 0 aliphatic carbocycles. The molecule has 1 fully saturated rings. The van der Waals surface area contributed by atoms with Crippen LogP contribution in [0.3, 0.4) is 0 Å². The second kappa shape index (κ2) is 5.31. The molecular weight excluding hydrogens is 238 g/mol. The number of aliphatic hydroxyl groups excluding tert-OH is 1. The lowest BCUT2D eigenvalue weighted by atomic mass is 9.96. The number of nitrogens with one attached hydrogen (secondary N) is 1. The third kappa shape index (κ3) is 2.51. The topological polar surface area (TPSA) is 50.1 Å². The minimum absolute atomic E-state index is 0.217. The van der Waals surface area contributed by atoms with Crippen molar-refractivity contribution in [1.29, 1.82) is 0 Å². The van der Waals surface area contributed by atoms with Gasteiger partial charge in [0, 0.05) is 24.9 Å². The second-order valence-corrected chi connectivity index (χ2v) is 5.42. The van der Waals surface area contributed by atoms with E-state index in [9.17, 15) is 5.11 Å². The number of aliphatic hydroxyl groups is 1. The Labute approximate surface area is 113 Å². The number of fused-ring (bicyclic) bond motifs is 1. The highest BCUT2D eigenvalue weighted by molar-refractivity contribution is 5.81. The van der Waals surface area contributed by atoms with Crippen molar-refractivity contribution >= 4 is 10.9 Å². The average molecular weight is 259 g/mol. The van der Waals surface area contributed by atoms with Crippen LogP contribution < -0.4 is 5.32 Å². The molecular formula is C15H21N3O. The molecule has 2 N–H and O–H groups in total. The van der Waals surface area contributed by atoms with E-state index in [4.69, 9.17) is 0 Å². The van der Waals surface area contributed by atoms with Crippen molar-refractivity contribution in [3.05, 3.63) is 30.0 Å². The number of benzene rings is 1. The van der Waals surface area contributed by atoms with Gasteiger partial charge in [0.25, 0.3) is 0 Å². The molecule has 0 spiro atoms. The molecule has 4 heteroatoms. The normalized spacial score (nSPS) is 21.7. The van der Waals surface area contributed by atoms with Crippen LogP contribution in [-0.2, 0) is 13.5 Å². The zero-order valence-electron chi connectivity index (χ0n) is 11.3. The molecule has 0 amide bonds. The van der Waals surface area contributed by atoms with Crippen molar-refractivity contribution in [3.8, 4) is 0 Å². The highest BCUT2D eigenvalue weighted by Gasteiger charge is 2.23. The van der Waals surface area contributed by atoms with Gasteiger partial charge in [0.15, 0.2) is 0 Å². The summed E-state index contributed by atoms with van der Waals surface area (Å²) in [5.41, 5.74) is 2.12. The largest absolute Gasteiger partial charge is 0.391 e. The molecule has 102 valence electrons. The van der Waals surface area contributed by atoms with Crippen LogP contribution in [0.15, 0.2) is 24.3 Å². The van der Waals surface area contributed by atoms with Crippen LogP contribution >= 0.6 is 0 Å². The molecule has 3 rings (SSSR count). The lowest BCUT2D eigenvalue weighted by molar-refractivity contribution is 0.112. The SMILES string of the molecule is Cn1nc(CC(O)C2CCCCN2)c2ccccc21. The van der Waals surface area contributed by atoms with Crippen molar-refractivity contribution in [3.63, 3.8) is 0 Å². The summed E-state index contributed by atoms with van der Waals surface area (Å²) in [4.78, 5) is 0. The van der Waals surface area contributed by atoms with Crippen molar-refractivity contribution in [2.75, 3.05) is 6.54 Å². The first-order valence-electron chi connectivity index (χ1n) is 7.08. The van der Waals surface area contributed by atoms with Crippen molar-refractivity contribution in [2.45, 2.75) is 37.8 Å². The summed E-state index contributed by atoms with van der Waals surface area (Å²) < 4.78 is 1.89. The van der Waals surface area contributed by atoms with E-state index in [2.05, 4.69) is 22.5 Å². The summed E-state index contributed by atoms with van der Waals surface area (Å²) >= 11 is 0. The summed E-state index contributed by atoms with van der Waals surface area (Å²) in [5.74, 6) is 0. The molecule has 1 aromatic heterocycles. The molecule has 2 unspecified atom stereocenters. The zero-order valence-corrected chi connectivity index (χ0v) is 11.3. The van der Waals surface area contributed by atoms with Gasteiger partial charge >= 0.3 is 0 Å². The first-order valence-corrected chi connectivity index (χ1v) is 7.08. The average Bonchev–Trinajstić information content (AvgIpc) is 2.77. The van der Waals surface area contributed by atoms with Crippen LogP contribution in [-0.4, -0.2) is 33.6 Å². The van der Waals surface area contributed by atoms with E-state index in [-0.39, 0.29) is 12.1 Å². The lowest BCUT2D eigenvalue weighted by Gasteiger charge is -2.27. The van der Waals surface area contributed by atoms with E-state index in [1.807, 2.05) is 23.9 Å². The highest BCUT2D eigenvalue weighted by atomic mass is 16.3. The Kier molecular flexibility index (Phi) is 3.53. The molecule has 1 aliphatic rings. The summed E-state index contributed by atoms with van der Waals surface area (Å²) in [6.07, 6.45) is 3.76. The van der Waals surface area contributed by atoms with E-state index in [1.165, 1.54) is 12.8 Å². The smallest absolute Gasteiger partial charge is 0.0749 e. The summed E-state index contributed by atoms with van der Waals surface area (Å²) in [6.45, 7) is 1.02. The van der Waals surface area contributed by atoms with E-state index in [0.717, 1.165) is 29.6 Å². The Morgan fingerprint density at radius 3 is 3.05 bits per heavy atom. The fourth-order valence-corrected chi connectivity index (χ4v) is 2.99. The lowest BCUT2D eigenvalue weighted by Crippen LogP contribution is -2.44. The van der Waals surface area contributed by atoms with Gasteiger partial charge in [-0.15, -0.1) is 0 Å². The monoisotopic (exact) mass is 259 g/mol. The molecule has 1 saturated heterocycles. The molecule has 2 aromatic rings.